The fraction of sp³-hybridized carbons (Fsp3) is 0.458. The average molecular weight is 470 g/mol. The highest BCUT2D eigenvalue weighted by atomic mass is 32.2. The number of ether oxygens (including phenoxy) is 1. The minimum absolute atomic E-state index is 0.0133. The number of rotatable bonds is 6. The number of methoxy groups -OCH3 is 1. The van der Waals surface area contributed by atoms with E-state index in [1.807, 2.05) is 29.2 Å². The molecule has 3 aromatic rings. The van der Waals surface area contributed by atoms with Crippen molar-refractivity contribution in [1.29, 1.82) is 0 Å². The van der Waals surface area contributed by atoms with Crippen LogP contribution < -0.4 is 10.3 Å². The molecular formula is C24H27N3O3S2. The highest BCUT2D eigenvalue weighted by Crippen LogP contribution is 2.35. The molecule has 2 aromatic heterocycles. The molecule has 1 aliphatic carbocycles. The molecule has 32 heavy (non-hydrogen) atoms. The molecule has 0 atom stereocenters. The predicted molar refractivity (Wildman–Crippen MR) is 130 cm³/mol. The first-order chi connectivity index (χ1) is 15.7. The molecule has 1 fully saturated rings. The van der Waals surface area contributed by atoms with Gasteiger partial charge in [0.1, 0.15) is 10.6 Å². The molecule has 168 valence electrons. The Balaban J connectivity index is 1.56. The summed E-state index contributed by atoms with van der Waals surface area (Å²) in [6, 6.07) is 7.56. The van der Waals surface area contributed by atoms with Gasteiger partial charge < -0.3 is 9.64 Å². The van der Waals surface area contributed by atoms with E-state index in [1.54, 1.807) is 34.8 Å². The number of fused-ring (bicyclic) bond motifs is 3. The smallest absolute Gasteiger partial charge is 0.267 e. The molecule has 6 nitrogen and oxygen atoms in total. The number of carbonyl (C=O) groups is 1. The van der Waals surface area contributed by atoms with Crippen LogP contribution in [0.5, 0.6) is 5.75 Å². The van der Waals surface area contributed by atoms with Gasteiger partial charge in [-0.15, -0.1) is 11.3 Å². The minimum atomic E-state index is 0.0133. The molecule has 3 heterocycles. The molecule has 2 aliphatic rings. The standard InChI is InChI=1S/C24H27N3O3S2/c1-30-17-11-9-16(10-12-17)27-23(29)21-18-6-3-2-4-7-19(18)32-22(21)25-24(27)31-15-14-26-13-5-8-20(26)28/h9-12H,2-8,13-15H2,1H3. The van der Waals surface area contributed by atoms with Crippen LogP contribution in [0, 0.1) is 0 Å². The first kappa shape index (κ1) is 21.5. The number of likely N-dealkylation sites (tertiary alicyclic amines) is 1. The molecule has 0 bridgehead atoms. The Bertz CT molecular complexity index is 1200. The van der Waals surface area contributed by atoms with E-state index in [0.29, 0.717) is 23.9 Å². The number of aromatic nitrogens is 2. The van der Waals surface area contributed by atoms with Crippen molar-refractivity contribution in [3.63, 3.8) is 0 Å². The number of amides is 1. The molecule has 1 saturated heterocycles. The van der Waals surface area contributed by atoms with Crippen LogP contribution in [0.15, 0.2) is 34.2 Å². The second kappa shape index (κ2) is 9.27. The lowest BCUT2D eigenvalue weighted by atomic mass is 10.1. The fourth-order valence-electron chi connectivity index (χ4n) is 4.61. The van der Waals surface area contributed by atoms with E-state index in [9.17, 15) is 9.59 Å². The quantitative estimate of drug-likeness (QED) is 0.303. The number of nitrogens with zero attached hydrogens (tertiary/aromatic N) is 3. The van der Waals surface area contributed by atoms with Crippen molar-refractivity contribution < 1.29 is 9.53 Å². The number of carbonyl (C=O) groups excluding carboxylic acids is 1. The normalized spacial score (nSPS) is 16.4. The highest BCUT2D eigenvalue weighted by molar-refractivity contribution is 7.99. The second-order valence-electron chi connectivity index (χ2n) is 8.31. The number of thiophene rings is 1. The zero-order chi connectivity index (χ0) is 22.1. The molecule has 1 aromatic carbocycles. The van der Waals surface area contributed by atoms with Crippen LogP contribution in [0.25, 0.3) is 15.9 Å². The van der Waals surface area contributed by atoms with Crippen molar-refractivity contribution in [3.8, 4) is 11.4 Å². The first-order valence-corrected chi connectivity index (χ1v) is 13.1. The van der Waals surface area contributed by atoms with Crippen molar-refractivity contribution in [2.75, 3.05) is 26.0 Å². The Kier molecular flexibility index (Phi) is 6.24. The maximum atomic E-state index is 13.8. The summed E-state index contributed by atoms with van der Waals surface area (Å²) in [6.45, 7) is 1.51. The Morgan fingerprint density at radius 2 is 1.88 bits per heavy atom. The number of benzene rings is 1. The third-order valence-electron chi connectivity index (χ3n) is 6.30. The van der Waals surface area contributed by atoms with Gasteiger partial charge >= 0.3 is 0 Å². The van der Waals surface area contributed by atoms with Crippen LogP contribution in [0.1, 0.15) is 42.5 Å². The van der Waals surface area contributed by atoms with Gasteiger partial charge in [-0.1, -0.05) is 18.2 Å². The molecule has 5 rings (SSSR count). The second-order valence-corrected chi connectivity index (χ2v) is 10.5. The van der Waals surface area contributed by atoms with Gasteiger partial charge in [0.25, 0.3) is 5.56 Å². The van der Waals surface area contributed by atoms with Crippen molar-refractivity contribution >= 4 is 39.2 Å². The number of hydrogen-bond acceptors (Lipinski definition) is 6. The summed E-state index contributed by atoms with van der Waals surface area (Å²) in [4.78, 5) is 34.9. The first-order valence-electron chi connectivity index (χ1n) is 11.3. The maximum absolute atomic E-state index is 13.8. The zero-order valence-electron chi connectivity index (χ0n) is 18.3. The molecule has 1 aliphatic heterocycles. The zero-order valence-corrected chi connectivity index (χ0v) is 19.9. The minimum Gasteiger partial charge on any atom is -0.497 e. The van der Waals surface area contributed by atoms with E-state index in [-0.39, 0.29) is 11.5 Å². The van der Waals surface area contributed by atoms with E-state index in [4.69, 9.17) is 9.72 Å². The third kappa shape index (κ3) is 4.06. The summed E-state index contributed by atoms with van der Waals surface area (Å²) < 4.78 is 7.05. The summed E-state index contributed by atoms with van der Waals surface area (Å²) in [5, 5.41) is 1.48. The molecule has 0 unspecified atom stereocenters. The maximum Gasteiger partial charge on any atom is 0.267 e. The third-order valence-corrected chi connectivity index (χ3v) is 8.41. The summed E-state index contributed by atoms with van der Waals surface area (Å²) in [5.41, 5.74) is 2.01. The van der Waals surface area contributed by atoms with Gasteiger partial charge in [0, 0.05) is 30.1 Å². The van der Waals surface area contributed by atoms with E-state index in [0.717, 1.165) is 53.9 Å². The van der Waals surface area contributed by atoms with Crippen molar-refractivity contribution in [1.82, 2.24) is 14.5 Å². The Labute approximate surface area is 195 Å². The van der Waals surface area contributed by atoms with Gasteiger partial charge in [-0.25, -0.2) is 4.98 Å². The Morgan fingerprint density at radius 1 is 1.06 bits per heavy atom. The molecular weight excluding hydrogens is 442 g/mol. The van der Waals surface area contributed by atoms with Crippen LogP contribution in [-0.4, -0.2) is 46.3 Å². The predicted octanol–water partition coefficient (Wildman–Crippen LogP) is 4.44. The molecule has 0 saturated carbocycles. The topological polar surface area (TPSA) is 64.4 Å². The van der Waals surface area contributed by atoms with E-state index < -0.39 is 0 Å². The van der Waals surface area contributed by atoms with Crippen molar-refractivity contribution in [3.05, 3.63) is 45.1 Å². The van der Waals surface area contributed by atoms with Gasteiger partial charge in [-0.3, -0.25) is 14.2 Å². The SMILES string of the molecule is COc1ccc(-n2c(SCCN3CCCC3=O)nc3sc4c(c3c2=O)CCCCC4)cc1. The lowest BCUT2D eigenvalue weighted by Crippen LogP contribution is -2.27. The monoisotopic (exact) mass is 469 g/mol. The number of hydrogen-bond donors (Lipinski definition) is 0. The largest absolute Gasteiger partial charge is 0.497 e. The molecule has 0 spiro atoms. The summed E-state index contributed by atoms with van der Waals surface area (Å²) >= 11 is 3.24. The van der Waals surface area contributed by atoms with Crippen molar-refractivity contribution in [2.24, 2.45) is 0 Å². The highest BCUT2D eigenvalue weighted by Gasteiger charge is 2.23. The Morgan fingerprint density at radius 3 is 2.62 bits per heavy atom. The van der Waals surface area contributed by atoms with Crippen LogP contribution in [0.4, 0.5) is 0 Å². The van der Waals surface area contributed by atoms with E-state index >= 15 is 0 Å². The molecule has 0 radical (unpaired) electrons. The van der Waals surface area contributed by atoms with E-state index in [1.165, 1.54) is 23.3 Å². The van der Waals surface area contributed by atoms with Gasteiger partial charge in [-0.05, 0) is 61.9 Å². The summed E-state index contributed by atoms with van der Waals surface area (Å²) in [5.74, 6) is 1.69. The lowest BCUT2D eigenvalue weighted by Gasteiger charge is -2.16. The molecule has 0 N–H and O–H groups in total. The average Bonchev–Trinajstić information content (AvgIpc) is 3.29. The van der Waals surface area contributed by atoms with Gasteiger partial charge in [0.05, 0.1) is 18.2 Å². The molecule has 8 heteroatoms. The molecule has 1 amide bonds. The van der Waals surface area contributed by atoms with E-state index in [2.05, 4.69) is 0 Å². The van der Waals surface area contributed by atoms with Crippen LogP contribution in [0.3, 0.4) is 0 Å². The Hall–Kier alpha value is -2.32. The lowest BCUT2D eigenvalue weighted by molar-refractivity contribution is -0.127. The number of thioether (sulfide) groups is 1. The fourth-order valence-corrected chi connectivity index (χ4v) is 6.88. The van der Waals surface area contributed by atoms with Gasteiger partial charge in [0.2, 0.25) is 5.91 Å². The van der Waals surface area contributed by atoms with Crippen LogP contribution >= 0.6 is 23.1 Å². The summed E-state index contributed by atoms with van der Waals surface area (Å²) in [7, 11) is 1.64. The van der Waals surface area contributed by atoms with Crippen molar-refractivity contribution in [2.45, 2.75) is 50.1 Å². The van der Waals surface area contributed by atoms with Gasteiger partial charge in [-0.2, -0.15) is 0 Å². The van der Waals surface area contributed by atoms with Crippen LogP contribution in [-0.2, 0) is 17.6 Å². The van der Waals surface area contributed by atoms with Crippen LogP contribution in [0.2, 0.25) is 0 Å². The van der Waals surface area contributed by atoms with Gasteiger partial charge in [0.15, 0.2) is 5.16 Å². The summed E-state index contributed by atoms with van der Waals surface area (Å²) in [6.07, 6.45) is 7.10. The number of aryl methyl sites for hydroxylation is 2.